The van der Waals surface area contributed by atoms with Crippen LogP contribution in [0.3, 0.4) is 0 Å². The fourth-order valence-corrected chi connectivity index (χ4v) is 1.75. The number of rotatable bonds is 4. The second-order valence-electron chi connectivity index (χ2n) is 4.15. The number of hydrogen-bond acceptors (Lipinski definition) is 3. The predicted molar refractivity (Wildman–Crippen MR) is 61.1 cm³/mol. The Hall–Kier alpha value is -1.06. The van der Waals surface area contributed by atoms with Crippen LogP contribution in [0.4, 0.5) is 0 Å². The molecule has 0 amide bonds. The Kier molecular flexibility index (Phi) is 3.72. The van der Waals surface area contributed by atoms with Gasteiger partial charge in [-0.15, -0.1) is 0 Å². The first-order valence-electron chi connectivity index (χ1n) is 5.02. The van der Waals surface area contributed by atoms with Gasteiger partial charge in [0.2, 0.25) is 0 Å². The molecule has 1 atom stereocenters. The van der Waals surface area contributed by atoms with E-state index in [2.05, 4.69) is 5.32 Å². The lowest BCUT2D eigenvalue weighted by Gasteiger charge is -2.29. The van der Waals surface area contributed by atoms with Crippen LogP contribution in [-0.4, -0.2) is 24.9 Å². The molecule has 0 bridgehead atoms. The minimum absolute atomic E-state index is 0.104. The SMILES string of the molecule is CNC(c1cccc(OC)c1)C(C)(C)O. The number of hydrogen-bond donors (Lipinski definition) is 2. The molecule has 0 aliphatic carbocycles. The monoisotopic (exact) mass is 209 g/mol. The van der Waals surface area contributed by atoms with E-state index < -0.39 is 5.60 Å². The van der Waals surface area contributed by atoms with Crippen molar-refractivity contribution >= 4 is 0 Å². The van der Waals surface area contributed by atoms with Gasteiger partial charge < -0.3 is 15.2 Å². The second-order valence-corrected chi connectivity index (χ2v) is 4.15. The van der Waals surface area contributed by atoms with Gasteiger partial charge in [-0.05, 0) is 38.6 Å². The van der Waals surface area contributed by atoms with Crippen LogP contribution in [0.5, 0.6) is 5.75 Å². The summed E-state index contributed by atoms with van der Waals surface area (Å²) in [5, 5.41) is 13.1. The van der Waals surface area contributed by atoms with Crippen molar-refractivity contribution in [1.82, 2.24) is 5.32 Å². The summed E-state index contributed by atoms with van der Waals surface area (Å²) in [4.78, 5) is 0. The molecule has 1 unspecified atom stereocenters. The van der Waals surface area contributed by atoms with Crippen LogP contribution in [0.1, 0.15) is 25.5 Å². The number of aliphatic hydroxyl groups is 1. The molecule has 0 spiro atoms. The van der Waals surface area contributed by atoms with Crippen LogP contribution >= 0.6 is 0 Å². The predicted octanol–water partition coefficient (Wildman–Crippen LogP) is 1.73. The molecule has 0 aromatic heterocycles. The van der Waals surface area contributed by atoms with E-state index in [1.54, 1.807) is 21.0 Å². The first kappa shape index (κ1) is 12.0. The van der Waals surface area contributed by atoms with Gasteiger partial charge in [0.1, 0.15) is 5.75 Å². The van der Waals surface area contributed by atoms with Crippen LogP contribution < -0.4 is 10.1 Å². The summed E-state index contributed by atoms with van der Waals surface area (Å²) in [6.07, 6.45) is 0. The van der Waals surface area contributed by atoms with Gasteiger partial charge in [-0.2, -0.15) is 0 Å². The van der Waals surface area contributed by atoms with Crippen LogP contribution in [0.15, 0.2) is 24.3 Å². The lowest BCUT2D eigenvalue weighted by molar-refractivity contribution is 0.0400. The number of likely N-dealkylation sites (N-methyl/N-ethyl adjacent to an activating group) is 1. The van der Waals surface area contributed by atoms with E-state index in [1.165, 1.54) is 0 Å². The van der Waals surface area contributed by atoms with Crippen LogP contribution in [0.25, 0.3) is 0 Å². The molecule has 0 saturated carbocycles. The Bertz CT molecular complexity index is 318. The summed E-state index contributed by atoms with van der Waals surface area (Å²) in [5.41, 5.74) is 0.213. The molecule has 15 heavy (non-hydrogen) atoms. The fraction of sp³-hybridized carbons (Fsp3) is 0.500. The van der Waals surface area contributed by atoms with Gasteiger partial charge in [-0.3, -0.25) is 0 Å². The van der Waals surface area contributed by atoms with E-state index in [4.69, 9.17) is 4.74 Å². The first-order chi connectivity index (χ1) is 6.99. The van der Waals surface area contributed by atoms with E-state index in [1.807, 2.05) is 31.3 Å². The Morgan fingerprint density at radius 1 is 1.40 bits per heavy atom. The third-order valence-electron chi connectivity index (χ3n) is 2.42. The van der Waals surface area contributed by atoms with E-state index >= 15 is 0 Å². The third kappa shape index (κ3) is 2.94. The zero-order valence-corrected chi connectivity index (χ0v) is 9.74. The van der Waals surface area contributed by atoms with Gasteiger partial charge in [0.05, 0.1) is 18.8 Å². The molecule has 0 saturated heterocycles. The molecule has 3 heteroatoms. The average Bonchev–Trinajstić information content (AvgIpc) is 2.17. The molecule has 0 radical (unpaired) electrons. The maximum atomic E-state index is 9.99. The summed E-state index contributed by atoms with van der Waals surface area (Å²) >= 11 is 0. The smallest absolute Gasteiger partial charge is 0.119 e. The second kappa shape index (κ2) is 4.64. The summed E-state index contributed by atoms with van der Waals surface area (Å²) in [6.45, 7) is 3.57. The minimum atomic E-state index is -0.804. The van der Waals surface area contributed by atoms with Crippen molar-refractivity contribution in [1.29, 1.82) is 0 Å². The van der Waals surface area contributed by atoms with Crippen LogP contribution in [-0.2, 0) is 0 Å². The van der Waals surface area contributed by atoms with E-state index in [0.717, 1.165) is 11.3 Å². The van der Waals surface area contributed by atoms with Crippen LogP contribution in [0.2, 0.25) is 0 Å². The largest absolute Gasteiger partial charge is 0.497 e. The van der Waals surface area contributed by atoms with Crippen molar-refractivity contribution in [2.75, 3.05) is 14.2 Å². The summed E-state index contributed by atoms with van der Waals surface area (Å²) < 4.78 is 5.15. The molecule has 0 heterocycles. The Balaban J connectivity index is 3.02. The molecule has 2 N–H and O–H groups in total. The maximum Gasteiger partial charge on any atom is 0.119 e. The maximum absolute atomic E-state index is 9.99. The van der Waals surface area contributed by atoms with Crippen molar-refractivity contribution in [3.63, 3.8) is 0 Å². The molecule has 0 aliphatic heterocycles. The molecule has 1 rings (SSSR count). The third-order valence-corrected chi connectivity index (χ3v) is 2.42. The van der Waals surface area contributed by atoms with E-state index in [0.29, 0.717) is 0 Å². The van der Waals surface area contributed by atoms with Crippen molar-refractivity contribution < 1.29 is 9.84 Å². The highest BCUT2D eigenvalue weighted by molar-refractivity contribution is 5.31. The number of methoxy groups -OCH3 is 1. The molecular formula is C12H19NO2. The van der Waals surface area contributed by atoms with Crippen molar-refractivity contribution in [3.8, 4) is 5.75 Å². The molecule has 1 aromatic rings. The number of nitrogens with one attached hydrogen (secondary N) is 1. The molecule has 3 nitrogen and oxygen atoms in total. The van der Waals surface area contributed by atoms with Crippen molar-refractivity contribution in [2.45, 2.75) is 25.5 Å². The number of benzene rings is 1. The Morgan fingerprint density at radius 2 is 2.07 bits per heavy atom. The van der Waals surface area contributed by atoms with Gasteiger partial charge in [0.15, 0.2) is 0 Å². The molecule has 84 valence electrons. The highest BCUT2D eigenvalue weighted by atomic mass is 16.5. The number of ether oxygens (including phenoxy) is 1. The Morgan fingerprint density at radius 3 is 2.53 bits per heavy atom. The van der Waals surface area contributed by atoms with Gasteiger partial charge in [-0.25, -0.2) is 0 Å². The lowest BCUT2D eigenvalue weighted by Crippen LogP contribution is -2.37. The topological polar surface area (TPSA) is 41.5 Å². The highest BCUT2D eigenvalue weighted by Gasteiger charge is 2.26. The standard InChI is InChI=1S/C12H19NO2/c1-12(2,14)11(13-3)9-6-5-7-10(8-9)15-4/h5-8,11,13-14H,1-4H3. The normalized spacial score (nSPS) is 13.7. The van der Waals surface area contributed by atoms with Gasteiger partial charge >= 0.3 is 0 Å². The van der Waals surface area contributed by atoms with Gasteiger partial charge in [0.25, 0.3) is 0 Å². The molecular weight excluding hydrogens is 190 g/mol. The molecule has 0 fully saturated rings. The van der Waals surface area contributed by atoms with E-state index in [9.17, 15) is 5.11 Å². The molecule has 0 aliphatic rings. The van der Waals surface area contributed by atoms with Crippen LogP contribution in [0, 0.1) is 0 Å². The summed E-state index contributed by atoms with van der Waals surface area (Å²) in [5.74, 6) is 0.803. The Labute approximate surface area is 91.1 Å². The van der Waals surface area contributed by atoms with Crippen molar-refractivity contribution in [2.24, 2.45) is 0 Å². The zero-order valence-electron chi connectivity index (χ0n) is 9.74. The zero-order chi connectivity index (χ0) is 11.5. The summed E-state index contributed by atoms with van der Waals surface area (Å²) in [7, 11) is 3.47. The highest BCUT2D eigenvalue weighted by Crippen LogP contribution is 2.27. The van der Waals surface area contributed by atoms with Gasteiger partial charge in [0, 0.05) is 0 Å². The van der Waals surface area contributed by atoms with Gasteiger partial charge in [-0.1, -0.05) is 12.1 Å². The summed E-state index contributed by atoms with van der Waals surface area (Å²) in [6, 6.07) is 7.61. The fourth-order valence-electron chi connectivity index (χ4n) is 1.75. The first-order valence-corrected chi connectivity index (χ1v) is 5.02. The average molecular weight is 209 g/mol. The quantitative estimate of drug-likeness (QED) is 0.793. The van der Waals surface area contributed by atoms with E-state index in [-0.39, 0.29) is 6.04 Å². The lowest BCUT2D eigenvalue weighted by atomic mass is 9.92. The van der Waals surface area contributed by atoms with Crippen molar-refractivity contribution in [3.05, 3.63) is 29.8 Å². The minimum Gasteiger partial charge on any atom is -0.497 e. The molecule has 1 aromatic carbocycles.